The summed E-state index contributed by atoms with van der Waals surface area (Å²) in [7, 11) is 0. The van der Waals surface area contributed by atoms with Crippen molar-refractivity contribution in [2.75, 3.05) is 16.8 Å². The zero-order chi connectivity index (χ0) is 23.0. The Kier molecular flexibility index (Phi) is 5.76. The molecule has 0 amide bonds. The molecule has 1 aliphatic carbocycles. The number of allylic oxidation sites excluding steroid dienone is 1. The second-order valence-corrected chi connectivity index (χ2v) is 10.2. The van der Waals surface area contributed by atoms with Crippen molar-refractivity contribution in [3.05, 3.63) is 106 Å². The lowest BCUT2D eigenvalue weighted by atomic mass is 9.73. The van der Waals surface area contributed by atoms with E-state index in [2.05, 4.69) is 72.6 Å². The van der Waals surface area contributed by atoms with E-state index in [9.17, 15) is 4.79 Å². The summed E-state index contributed by atoms with van der Waals surface area (Å²) >= 11 is 6.77. The first-order valence-corrected chi connectivity index (χ1v) is 12.0. The Morgan fingerprint density at radius 1 is 0.939 bits per heavy atom. The molecule has 0 radical (unpaired) electrons. The average molecular weight is 457 g/mol. The monoisotopic (exact) mass is 456 g/mol. The molecule has 0 spiro atoms. The van der Waals surface area contributed by atoms with Crippen LogP contribution in [0.25, 0.3) is 0 Å². The van der Waals surface area contributed by atoms with E-state index in [1.165, 1.54) is 5.56 Å². The Morgan fingerprint density at radius 3 is 2.42 bits per heavy atom. The maximum absolute atomic E-state index is 13.7. The van der Waals surface area contributed by atoms with Gasteiger partial charge in [0.1, 0.15) is 0 Å². The number of hydrogen-bond acceptors (Lipinski definition) is 3. The van der Waals surface area contributed by atoms with E-state index < -0.39 is 0 Å². The lowest BCUT2D eigenvalue weighted by Crippen LogP contribution is -2.37. The predicted octanol–water partition coefficient (Wildman–Crippen LogP) is 7.20. The second-order valence-electron chi connectivity index (χ2n) is 9.83. The average Bonchev–Trinajstić information content (AvgIpc) is 2.92. The van der Waals surface area contributed by atoms with Crippen molar-refractivity contribution in [2.24, 2.45) is 5.41 Å². The molecule has 1 aliphatic heterocycles. The van der Waals surface area contributed by atoms with Crippen LogP contribution in [0.4, 0.5) is 11.4 Å². The fourth-order valence-corrected chi connectivity index (χ4v) is 5.45. The lowest BCUT2D eigenvalue weighted by Gasteiger charge is -2.38. The van der Waals surface area contributed by atoms with Crippen LogP contribution in [0, 0.1) is 5.41 Å². The minimum Gasteiger partial charge on any atom is -0.358 e. The molecule has 3 aromatic rings. The molecule has 2 aliphatic rings. The van der Waals surface area contributed by atoms with Gasteiger partial charge in [-0.05, 0) is 47.6 Å². The number of rotatable bonds is 4. The van der Waals surface area contributed by atoms with Crippen LogP contribution in [-0.2, 0) is 11.2 Å². The normalized spacial score (nSPS) is 19.4. The van der Waals surface area contributed by atoms with Crippen LogP contribution in [-0.4, -0.2) is 12.3 Å². The van der Waals surface area contributed by atoms with E-state index in [1.807, 2.05) is 30.3 Å². The number of fused-ring (bicyclic) bond motifs is 1. The van der Waals surface area contributed by atoms with Gasteiger partial charge in [0.05, 0.1) is 17.4 Å². The third-order valence-corrected chi connectivity index (χ3v) is 7.03. The second kappa shape index (κ2) is 8.72. The molecule has 0 saturated heterocycles. The summed E-state index contributed by atoms with van der Waals surface area (Å²) in [6, 6.07) is 26.6. The van der Waals surface area contributed by atoms with Gasteiger partial charge in [0.2, 0.25) is 0 Å². The van der Waals surface area contributed by atoms with E-state index in [-0.39, 0.29) is 17.2 Å². The summed E-state index contributed by atoms with van der Waals surface area (Å²) in [4.78, 5) is 16.1. The molecule has 1 heterocycles. The smallest absolute Gasteiger partial charge is 0.163 e. The fourth-order valence-electron chi connectivity index (χ4n) is 5.21. The Bertz CT molecular complexity index is 1220. The van der Waals surface area contributed by atoms with Gasteiger partial charge in [-0.2, -0.15) is 0 Å². The van der Waals surface area contributed by atoms with Gasteiger partial charge in [-0.1, -0.05) is 86.1 Å². The highest BCUT2D eigenvalue weighted by Crippen LogP contribution is 2.49. The Morgan fingerprint density at radius 2 is 1.64 bits per heavy atom. The van der Waals surface area contributed by atoms with Crippen LogP contribution < -0.4 is 10.2 Å². The summed E-state index contributed by atoms with van der Waals surface area (Å²) in [5, 5.41) is 4.36. The van der Waals surface area contributed by atoms with E-state index in [0.29, 0.717) is 11.4 Å². The van der Waals surface area contributed by atoms with Gasteiger partial charge in [0, 0.05) is 29.3 Å². The maximum atomic E-state index is 13.7. The molecule has 0 saturated carbocycles. The van der Waals surface area contributed by atoms with Gasteiger partial charge < -0.3 is 10.2 Å². The molecule has 0 unspecified atom stereocenters. The summed E-state index contributed by atoms with van der Waals surface area (Å²) in [6.45, 7) is 5.11. The topological polar surface area (TPSA) is 32.3 Å². The zero-order valence-electron chi connectivity index (χ0n) is 19.1. The molecule has 4 heteroatoms. The van der Waals surface area contributed by atoms with Gasteiger partial charge in [0.15, 0.2) is 5.78 Å². The van der Waals surface area contributed by atoms with Crippen LogP contribution in [0.2, 0.25) is 5.02 Å². The number of nitrogens with zero attached hydrogens (tertiary/aromatic N) is 1. The minimum atomic E-state index is -0.239. The Hall–Kier alpha value is -3.04. The largest absolute Gasteiger partial charge is 0.358 e. The molecule has 0 fully saturated rings. The molecule has 3 aromatic carbocycles. The number of anilines is 2. The summed E-state index contributed by atoms with van der Waals surface area (Å²) in [6.07, 6.45) is 2.24. The lowest BCUT2D eigenvalue weighted by molar-refractivity contribution is -0.118. The number of carbonyl (C=O) groups excluding carboxylic acids is 1. The SMILES string of the molecule is CC1(C)CC(=O)C2=C(C1)Nc1ccccc1N(CCc1ccccc1)[C@H]2c1ccccc1Cl. The van der Waals surface area contributed by atoms with Gasteiger partial charge >= 0.3 is 0 Å². The van der Waals surface area contributed by atoms with Crippen molar-refractivity contribution in [1.82, 2.24) is 0 Å². The number of nitrogens with one attached hydrogen (secondary N) is 1. The third kappa shape index (κ3) is 4.30. The molecule has 5 rings (SSSR count). The standard InChI is InChI=1S/C29H29ClN2O/c1-29(2)18-24-27(26(33)19-29)28(21-12-6-7-13-22(21)30)32(17-16-20-10-4-3-5-11-20)25-15-9-8-14-23(25)31-24/h3-15,28,31H,16-19H2,1-2H3/t28-/m0/s1. The number of halogens is 1. The highest BCUT2D eigenvalue weighted by Gasteiger charge is 2.41. The molecule has 1 atom stereocenters. The number of carbonyl (C=O) groups is 1. The first-order chi connectivity index (χ1) is 15.9. The molecule has 33 heavy (non-hydrogen) atoms. The molecule has 3 nitrogen and oxygen atoms in total. The highest BCUT2D eigenvalue weighted by molar-refractivity contribution is 6.31. The van der Waals surface area contributed by atoms with Crippen molar-refractivity contribution in [3.63, 3.8) is 0 Å². The minimum absolute atomic E-state index is 0.0812. The number of para-hydroxylation sites is 2. The summed E-state index contributed by atoms with van der Waals surface area (Å²) in [5.41, 5.74) is 6.18. The molecule has 1 N–H and O–H groups in total. The molecular weight excluding hydrogens is 428 g/mol. The number of Topliss-reactive ketones (excluding diaryl/α,β-unsaturated/α-hetero) is 1. The molecule has 0 aromatic heterocycles. The fraction of sp³-hybridized carbons (Fsp3) is 0.276. The van der Waals surface area contributed by atoms with Crippen molar-refractivity contribution >= 4 is 28.8 Å². The predicted molar refractivity (Wildman–Crippen MR) is 137 cm³/mol. The number of ketones is 1. The van der Waals surface area contributed by atoms with Gasteiger partial charge in [0.25, 0.3) is 0 Å². The maximum Gasteiger partial charge on any atom is 0.163 e. The quantitative estimate of drug-likeness (QED) is 0.450. The first kappa shape index (κ1) is 21.8. The molecule has 168 valence electrons. The highest BCUT2D eigenvalue weighted by atomic mass is 35.5. The van der Waals surface area contributed by atoms with Crippen molar-refractivity contribution in [2.45, 2.75) is 39.2 Å². The van der Waals surface area contributed by atoms with Gasteiger partial charge in [-0.15, -0.1) is 0 Å². The van der Waals surface area contributed by atoms with Crippen LogP contribution in [0.1, 0.15) is 43.9 Å². The summed E-state index contributed by atoms with van der Waals surface area (Å²) < 4.78 is 0. The van der Waals surface area contributed by atoms with E-state index in [4.69, 9.17) is 11.6 Å². The van der Waals surface area contributed by atoms with Gasteiger partial charge in [-0.25, -0.2) is 0 Å². The third-order valence-electron chi connectivity index (χ3n) is 6.69. The van der Waals surface area contributed by atoms with Crippen LogP contribution >= 0.6 is 11.6 Å². The van der Waals surface area contributed by atoms with E-state index in [0.717, 1.165) is 47.6 Å². The van der Waals surface area contributed by atoms with Crippen molar-refractivity contribution < 1.29 is 4.79 Å². The van der Waals surface area contributed by atoms with Crippen LogP contribution in [0.15, 0.2) is 90.1 Å². The van der Waals surface area contributed by atoms with Crippen LogP contribution in [0.5, 0.6) is 0 Å². The van der Waals surface area contributed by atoms with E-state index in [1.54, 1.807) is 0 Å². The van der Waals surface area contributed by atoms with Crippen molar-refractivity contribution in [3.8, 4) is 0 Å². The number of benzene rings is 3. The van der Waals surface area contributed by atoms with Crippen molar-refractivity contribution in [1.29, 1.82) is 0 Å². The Labute approximate surface area is 201 Å². The van der Waals surface area contributed by atoms with Crippen LogP contribution in [0.3, 0.4) is 0 Å². The van der Waals surface area contributed by atoms with E-state index >= 15 is 0 Å². The van der Waals surface area contributed by atoms with Gasteiger partial charge in [-0.3, -0.25) is 4.79 Å². The molecular formula is C29H29ClN2O. The summed E-state index contributed by atoms with van der Waals surface area (Å²) in [5.74, 6) is 0.205. The molecule has 0 bridgehead atoms. The Balaban J connectivity index is 1.69. The zero-order valence-corrected chi connectivity index (χ0v) is 19.9. The number of hydrogen-bond donors (Lipinski definition) is 1. The first-order valence-electron chi connectivity index (χ1n) is 11.6.